The summed E-state index contributed by atoms with van der Waals surface area (Å²) in [6.07, 6.45) is 5.26. The van der Waals surface area contributed by atoms with Crippen molar-refractivity contribution >= 4 is 23.1 Å². The van der Waals surface area contributed by atoms with Crippen LogP contribution in [0.15, 0.2) is 18.5 Å². The topological polar surface area (TPSA) is 33.2 Å². The van der Waals surface area contributed by atoms with E-state index in [1.807, 2.05) is 6.07 Å². The van der Waals surface area contributed by atoms with Crippen LogP contribution < -0.4 is 4.90 Å². The van der Waals surface area contributed by atoms with Gasteiger partial charge in [-0.1, -0.05) is 11.6 Å². The van der Waals surface area contributed by atoms with Crippen LogP contribution in [0.1, 0.15) is 19.8 Å². The summed E-state index contributed by atoms with van der Waals surface area (Å²) < 4.78 is 0. The highest BCUT2D eigenvalue weighted by atomic mass is 35.5. The first kappa shape index (κ1) is 11.4. The lowest BCUT2D eigenvalue weighted by molar-refractivity contribution is -0.121. The van der Waals surface area contributed by atoms with E-state index in [1.54, 1.807) is 19.3 Å². The number of nitrogens with zero attached hydrogens (tertiary/aromatic N) is 2. The van der Waals surface area contributed by atoms with Crippen LogP contribution in [0, 0.1) is 5.92 Å². The second-order valence-electron chi connectivity index (χ2n) is 4.20. The van der Waals surface area contributed by atoms with Gasteiger partial charge in [-0.3, -0.25) is 9.78 Å². The zero-order chi connectivity index (χ0) is 11.5. The average molecular weight is 239 g/mol. The minimum atomic E-state index is 0.233. The number of carbonyl (C=O) groups is 1. The summed E-state index contributed by atoms with van der Waals surface area (Å²) in [6.45, 7) is 3.47. The molecule has 3 nitrogen and oxygen atoms in total. The van der Waals surface area contributed by atoms with Gasteiger partial charge in [-0.05, 0) is 25.8 Å². The molecule has 4 heteroatoms. The van der Waals surface area contributed by atoms with Crippen molar-refractivity contribution in [1.82, 2.24) is 4.98 Å². The zero-order valence-corrected chi connectivity index (χ0v) is 10.1. The predicted octanol–water partition coefficient (Wildman–Crippen LogP) is 2.54. The molecule has 0 aromatic carbocycles. The molecule has 0 N–H and O–H groups in total. The van der Waals surface area contributed by atoms with Gasteiger partial charge in [0.15, 0.2) is 0 Å². The number of pyridine rings is 1. The lowest BCUT2D eigenvalue weighted by atomic mass is 9.93. The number of anilines is 1. The maximum absolute atomic E-state index is 11.3. The number of carbonyl (C=O) groups excluding carboxylic acids is 1. The smallest absolute Gasteiger partial charge is 0.133 e. The Kier molecular flexibility index (Phi) is 3.44. The van der Waals surface area contributed by atoms with Gasteiger partial charge in [0.05, 0.1) is 10.7 Å². The molecule has 0 aliphatic carbocycles. The Morgan fingerprint density at radius 3 is 2.75 bits per heavy atom. The highest BCUT2D eigenvalue weighted by Gasteiger charge is 2.23. The molecule has 86 valence electrons. The Bertz CT molecular complexity index is 386. The molecular weight excluding hydrogens is 224 g/mol. The summed E-state index contributed by atoms with van der Waals surface area (Å²) in [5, 5.41) is 0.684. The number of halogens is 1. The number of rotatable bonds is 2. The maximum atomic E-state index is 11.3. The lowest BCUT2D eigenvalue weighted by Gasteiger charge is -2.32. The minimum Gasteiger partial charge on any atom is -0.370 e. The summed E-state index contributed by atoms with van der Waals surface area (Å²) >= 11 is 6.09. The van der Waals surface area contributed by atoms with E-state index in [0.717, 1.165) is 31.6 Å². The summed E-state index contributed by atoms with van der Waals surface area (Å²) in [6, 6.07) is 1.93. The molecule has 1 aromatic heterocycles. The van der Waals surface area contributed by atoms with E-state index < -0.39 is 0 Å². The zero-order valence-electron chi connectivity index (χ0n) is 9.32. The first-order valence-electron chi connectivity index (χ1n) is 5.53. The van der Waals surface area contributed by atoms with E-state index >= 15 is 0 Å². The SMILES string of the molecule is CC(=O)C1CCN(c2ccncc2Cl)CC1. The second kappa shape index (κ2) is 4.83. The fourth-order valence-corrected chi connectivity index (χ4v) is 2.39. The first-order valence-corrected chi connectivity index (χ1v) is 5.91. The molecule has 0 saturated carbocycles. The van der Waals surface area contributed by atoms with Crippen molar-refractivity contribution in [1.29, 1.82) is 0 Å². The Balaban J connectivity index is 2.05. The Morgan fingerprint density at radius 2 is 2.19 bits per heavy atom. The van der Waals surface area contributed by atoms with E-state index in [-0.39, 0.29) is 5.92 Å². The van der Waals surface area contributed by atoms with Crippen LogP contribution in [0.4, 0.5) is 5.69 Å². The standard InChI is InChI=1S/C12H15ClN2O/c1-9(16)10-3-6-15(7-4-10)12-2-5-14-8-11(12)13/h2,5,8,10H,3-4,6-7H2,1H3. The van der Waals surface area contributed by atoms with Gasteiger partial charge in [0.2, 0.25) is 0 Å². The van der Waals surface area contributed by atoms with Gasteiger partial charge in [0.25, 0.3) is 0 Å². The average Bonchev–Trinajstić information content (AvgIpc) is 2.30. The molecule has 1 fully saturated rings. The van der Waals surface area contributed by atoms with Gasteiger partial charge in [-0.2, -0.15) is 0 Å². The molecule has 0 unspecified atom stereocenters. The first-order chi connectivity index (χ1) is 7.68. The Labute approximate surface area is 100 Å². The second-order valence-corrected chi connectivity index (χ2v) is 4.61. The quantitative estimate of drug-likeness (QED) is 0.794. The molecule has 0 bridgehead atoms. The van der Waals surface area contributed by atoms with Crippen molar-refractivity contribution in [2.75, 3.05) is 18.0 Å². The maximum Gasteiger partial charge on any atom is 0.133 e. The van der Waals surface area contributed by atoms with Gasteiger partial charge >= 0.3 is 0 Å². The monoisotopic (exact) mass is 238 g/mol. The molecule has 2 rings (SSSR count). The van der Waals surface area contributed by atoms with Crippen LogP contribution >= 0.6 is 11.6 Å². The molecule has 1 aliphatic rings. The molecule has 0 spiro atoms. The Hall–Kier alpha value is -1.09. The predicted molar refractivity (Wildman–Crippen MR) is 64.9 cm³/mol. The molecule has 0 radical (unpaired) electrons. The van der Waals surface area contributed by atoms with E-state index in [0.29, 0.717) is 10.8 Å². The van der Waals surface area contributed by atoms with Crippen molar-refractivity contribution in [2.24, 2.45) is 5.92 Å². The fraction of sp³-hybridized carbons (Fsp3) is 0.500. The van der Waals surface area contributed by atoms with E-state index in [9.17, 15) is 4.79 Å². The van der Waals surface area contributed by atoms with E-state index in [1.165, 1.54) is 0 Å². The molecule has 1 aliphatic heterocycles. The van der Waals surface area contributed by atoms with Crippen molar-refractivity contribution in [3.8, 4) is 0 Å². The molecular formula is C12H15ClN2O. The third-order valence-corrected chi connectivity index (χ3v) is 3.45. The van der Waals surface area contributed by atoms with Crippen LogP contribution in [-0.2, 0) is 4.79 Å². The minimum absolute atomic E-state index is 0.233. The molecule has 16 heavy (non-hydrogen) atoms. The van der Waals surface area contributed by atoms with Gasteiger partial charge in [-0.15, -0.1) is 0 Å². The number of ketones is 1. The van der Waals surface area contributed by atoms with Crippen LogP contribution in [0.25, 0.3) is 0 Å². The van der Waals surface area contributed by atoms with Gasteiger partial charge < -0.3 is 4.90 Å². The van der Waals surface area contributed by atoms with Crippen LogP contribution in [0.2, 0.25) is 5.02 Å². The summed E-state index contributed by atoms with van der Waals surface area (Å²) in [4.78, 5) is 17.5. The third-order valence-electron chi connectivity index (χ3n) is 3.16. The summed E-state index contributed by atoms with van der Waals surface area (Å²) in [5.41, 5.74) is 1.03. The normalized spacial score (nSPS) is 17.5. The molecule has 0 amide bonds. The van der Waals surface area contributed by atoms with Crippen molar-refractivity contribution in [2.45, 2.75) is 19.8 Å². The lowest BCUT2D eigenvalue weighted by Crippen LogP contribution is -2.35. The van der Waals surface area contributed by atoms with Gasteiger partial charge in [-0.25, -0.2) is 0 Å². The molecule has 1 aromatic rings. The number of hydrogen-bond donors (Lipinski definition) is 0. The molecule has 2 heterocycles. The van der Waals surface area contributed by atoms with Gasteiger partial charge in [0, 0.05) is 31.4 Å². The Morgan fingerprint density at radius 1 is 1.50 bits per heavy atom. The largest absolute Gasteiger partial charge is 0.370 e. The summed E-state index contributed by atoms with van der Waals surface area (Å²) in [5.74, 6) is 0.539. The summed E-state index contributed by atoms with van der Waals surface area (Å²) in [7, 11) is 0. The molecule has 1 saturated heterocycles. The van der Waals surface area contributed by atoms with Crippen LogP contribution in [-0.4, -0.2) is 23.9 Å². The number of piperidine rings is 1. The van der Waals surface area contributed by atoms with E-state index in [2.05, 4.69) is 9.88 Å². The highest BCUT2D eigenvalue weighted by molar-refractivity contribution is 6.33. The number of hydrogen-bond acceptors (Lipinski definition) is 3. The van der Waals surface area contributed by atoms with Crippen LogP contribution in [0.5, 0.6) is 0 Å². The third kappa shape index (κ3) is 2.35. The van der Waals surface area contributed by atoms with Gasteiger partial charge in [0.1, 0.15) is 5.78 Å². The molecule has 0 atom stereocenters. The van der Waals surface area contributed by atoms with Crippen molar-refractivity contribution < 1.29 is 4.79 Å². The van der Waals surface area contributed by atoms with Crippen LogP contribution in [0.3, 0.4) is 0 Å². The number of Topliss-reactive ketones (excluding diaryl/α,β-unsaturated/α-hetero) is 1. The van der Waals surface area contributed by atoms with E-state index in [4.69, 9.17) is 11.6 Å². The highest BCUT2D eigenvalue weighted by Crippen LogP contribution is 2.28. The number of aromatic nitrogens is 1. The van der Waals surface area contributed by atoms with Crippen molar-refractivity contribution in [3.05, 3.63) is 23.5 Å². The van der Waals surface area contributed by atoms with Crippen molar-refractivity contribution in [3.63, 3.8) is 0 Å². The fourth-order valence-electron chi connectivity index (χ4n) is 2.15.